The quantitative estimate of drug-likeness (QED) is 0.691. The van der Waals surface area contributed by atoms with Gasteiger partial charge in [0.15, 0.2) is 0 Å². The molecule has 1 atom stereocenters. The van der Waals surface area contributed by atoms with E-state index in [2.05, 4.69) is 5.32 Å². The average Bonchev–Trinajstić information content (AvgIpc) is 2.15. The maximum Gasteiger partial charge on any atom is 0.317 e. The van der Waals surface area contributed by atoms with Gasteiger partial charge in [0.05, 0.1) is 5.92 Å². The van der Waals surface area contributed by atoms with E-state index in [1.807, 2.05) is 6.92 Å². The molecule has 1 unspecified atom stereocenters. The van der Waals surface area contributed by atoms with Gasteiger partial charge in [-0.05, 0) is 13.3 Å². The normalized spacial score (nSPS) is 11.9. The van der Waals surface area contributed by atoms with Crippen molar-refractivity contribution in [2.45, 2.75) is 20.3 Å². The van der Waals surface area contributed by atoms with Crippen LogP contribution in [0.4, 0.5) is 4.79 Å². The molecule has 0 aliphatic heterocycles. The van der Waals surface area contributed by atoms with Crippen LogP contribution in [0, 0.1) is 5.92 Å². The smallest absolute Gasteiger partial charge is 0.317 e. The summed E-state index contributed by atoms with van der Waals surface area (Å²) in [5.74, 6) is -1.25. The Labute approximate surface area is 84.1 Å². The van der Waals surface area contributed by atoms with Gasteiger partial charge in [0.1, 0.15) is 0 Å². The van der Waals surface area contributed by atoms with Crippen LogP contribution in [-0.4, -0.2) is 42.1 Å². The summed E-state index contributed by atoms with van der Waals surface area (Å²) in [6.07, 6.45) is 0.457. The highest BCUT2D eigenvalue weighted by Crippen LogP contribution is 1.99. The Balaban J connectivity index is 3.64. The molecule has 0 saturated heterocycles. The molecule has 0 spiro atoms. The number of urea groups is 1. The van der Waals surface area contributed by atoms with E-state index in [-0.39, 0.29) is 6.03 Å². The van der Waals surface area contributed by atoms with Gasteiger partial charge < -0.3 is 15.3 Å². The summed E-state index contributed by atoms with van der Waals surface area (Å²) in [4.78, 5) is 23.2. The Morgan fingerprint density at radius 2 is 2.07 bits per heavy atom. The molecule has 0 aromatic carbocycles. The molecule has 0 aromatic rings. The van der Waals surface area contributed by atoms with Crippen molar-refractivity contribution in [2.75, 3.05) is 20.1 Å². The third-order valence-electron chi connectivity index (χ3n) is 2.10. The number of carbonyl (C=O) groups is 2. The number of amides is 2. The zero-order valence-corrected chi connectivity index (χ0v) is 8.91. The predicted molar refractivity (Wildman–Crippen MR) is 53.1 cm³/mol. The van der Waals surface area contributed by atoms with Crippen LogP contribution >= 0.6 is 0 Å². The molecule has 0 aliphatic rings. The number of aliphatic carboxylic acids is 1. The van der Waals surface area contributed by atoms with Gasteiger partial charge in [-0.25, -0.2) is 4.79 Å². The molecular weight excluding hydrogens is 184 g/mol. The van der Waals surface area contributed by atoms with E-state index in [1.54, 1.807) is 14.0 Å². The first-order chi connectivity index (χ1) is 6.49. The Bertz CT molecular complexity index is 206. The summed E-state index contributed by atoms with van der Waals surface area (Å²) in [6.45, 7) is 4.54. The number of hydrogen-bond donors (Lipinski definition) is 2. The second kappa shape index (κ2) is 6.23. The summed E-state index contributed by atoms with van der Waals surface area (Å²) in [5.41, 5.74) is 0. The van der Waals surface area contributed by atoms with Crippen LogP contribution in [0.2, 0.25) is 0 Å². The van der Waals surface area contributed by atoms with Gasteiger partial charge in [0, 0.05) is 20.1 Å². The van der Waals surface area contributed by atoms with E-state index in [1.165, 1.54) is 4.90 Å². The fourth-order valence-corrected chi connectivity index (χ4v) is 0.798. The van der Waals surface area contributed by atoms with Crippen molar-refractivity contribution in [1.82, 2.24) is 10.2 Å². The zero-order chi connectivity index (χ0) is 11.1. The minimum atomic E-state index is -0.830. The lowest BCUT2D eigenvalue weighted by Crippen LogP contribution is -2.38. The Morgan fingerprint density at radius 1 is 1.50 bits per heavy atom. The zero-order valence-electron chi connectivity index (χ0n) is 8.91. The number of hydrogen-bond acceptors (Lipinski definition) is 2. The first kappa shape index (κ1) is 12.7. The van der Waals surface area contributed by atoms with E-state index in [0.29, 0.717) is 19.5 Å². The minimum Gasteiger partial charge on any atom is -0.481 e. The third kappa shape index (κ3) is 4.69. The fraction of sp³-hybridized carbons (Fsp3) is 0.778. The van der Waals surface area contributed by atoms with Gasteiger partial charge in [-0.3, -0.25) is 4.79 Å². The molecule has 0 aromatic heterocycles. The molecule has 14 heavy (non-hydrogen) atoms. The summed E-state index contributed by atoms with van der Waals surface area (Å²) in [6, 6.07) is -0.162. The summed E-state index contributed by atoms with van der Waals surface area (Å²) in [7, 11) is 1.69. The van der Waals surface area contributed by atoms with E-state index in [0.717, 1.165) is 0 Å². The van der Waals surface area contributed by atoms with Crippen LogP contribution < -0.4 is 5.32 Å². The molecule has 5 nitrogen and oxygen atoms in total. The van der Waals surface area contributed by atoms with E-state index in [9.17, 15) is 9.59 Å². The number of carboxylic acid groups (broad SMARTS) is 1. The molecular formula is C9H18N2O3. The van der Waals surface area contributed by atoms with Crippen molar-refractivity contribution in [1.29, 1.82) is 0 Å². The SMILES string of the molecule is CCN(C)C(=O)NCCC(C)C(=O)O. The van der Waals surface area contributed by atoms with Gasteiger partial charge in [-0.1, -0.05) is 6.92 Å². The summed E-state index contributed by atoms with van der Waals surface area (Å²) in [5, 5.41) is 11.2. The minimum absolute atomic E-state index is 0.162. The Kier molecular flexibility index (Phi) is 5.67. The van der Waals surface area contributed by atoms with E-state index in [4.69, 9.17) is 5.11 Å². The standard InChI is InChI=1S/C9H18N2O3/c1-4-11(3)9(14)10-6-5-7(2)8(12)13/h7H,4-6H2,1-3H3,(H,10,14)(H,12,13). The van der Waals surface area contributed by atoms with Gasteiger partial charge >= 0.3 is 12.0 Å². The van der Waals surface area contributed by atoms with Crippen molar-refractivity contribution in [2.24, 2.45) is 5.92 Å². The average molecular weight is 202 g/mol. The highest BCUT2D eigenvalue weighted by Gasteiger charge is 2.11. The van der Waals surface area contributed by atoms with Gasteiger partial charge in [0.25, 0.3) is 0 Å². The molecule has 0 aliphatic carbocycles. The molecule has 0 radical (unpaired) electrons. The fourth-order valence-electron chi connectivity index (χ4n) is 0.798. The number of carbonyl (C=O) groups excluding carboxylic acids is 1. The first-order valence-corrected chi connectivity index (χ1v) is 4.70. The van der Waals surface area contributed by atoms with Crippen LogP contribution in [-0.2, 0) is 4.79 Å². The molecule has 2 amide bonds. The van der Waals surface area contributed by atoms with Gasteiger partial charge in [-0.15, -0.1) is 0 Å². The second-order valence-electron chi connectivity index (χ2n) is 3.27. The number of nitrogens with one attached hydrogen (secondary N) is 1. The monoisotopic (exact) mass is 202 g/mol. The predicted octanol–water partition coefficient (Wildman–Crippen LogP) is 0.758. The lowest BCUT2D eigenvalue weighted by Gasteiger charge is -2.15. The summed E-state index contributed by atoms with van der Waals surface area (Å²) < 4.78 is 0. The van der Waals surface area contributed by atoms with Crippen LogP contribution in [0.25, 0.3) is 0 Å². The van der Waals surface area contributed by atoms with Crippen molar-refractivity contribution < 1.29 is 14.7 Å². The topological polar surface area (TPSA) is 69.6 Å². The first-order valence-electron chi connectivity index (χ1n) is 4.70. The van der Waals surface area contributed by atoms with Crippen molar-refractivity contribution in [3.05, 3.63) is 0 Å². The van der Waals surface area contributed by atoms with E-state index >= 15 is 0 Å². The maximum atomic E-state index is 11.2. The lowest BCUT2D eigenvalue weighted by molar-refractivity contribution is -0.141. The molecule has 0 bridgehead atoms. The summed E-state index contributed by atoms with van der Waals surface area (Å²) >= 11 is 0. The second-order valence-corrected chi connectivity index (χ2v) is 3.27. The maximum absolute atomic E-state index is 11.2. The van der Waals surface area contributed by atoms with Crippen LogP contribution in [0.1, 0.15) is 20.3 Å². The third-order valence-corrected chi connectivity index (χ3v) is 2.10. The van der Waals surface area contributed by atoms with Crippen molar-refractivity contribution in [3.63, 3.8) is 0 Å². The van der Waals surface area contributed by atoms with Crippen molar-refractivity contribution in [3.8, 4) is 0 Å². The molecule has 0 heterocycles. The molecule has 0 fully saturated rings. The molecule has 0 rings (SSSR count). The molecule has 2 N–H and O–H groups in total. The molecule has 82 valence electrons. The molecule has 5 heteroatoms. The van der Waals surface area contributed by atoms with Crippen LogP contribution in [0.5, 0.6) is 0 Å². The van der Waals surface area contributed by atoms with Crippen molar-refractivity contribution >= 4 is 12.0 Å². The largest absolute Gasteiger partial charge is 0.481 e. The Hall–Kier alpha value is -1.26. The van der Waals surface area contributed by atoms with Gasteiger partial charge in [0.2, 0.25) is 0 Å². The number of nitrogens with zero attached hydrogens (tertiary/aromatic N) is 1. The highest BCUT2D eigenvalue weighted by atomic mass is 16.4. The highest BCUT2D eigenvalue weighted by molar-refractivity contribution is 5.74. The molecule has 0 saturated carbocycles. The Morgan fingerprint density at radius 3 is 2.50 bits per heavy atom. The van der Waals surface area contributed by atoms with E-state index < -0.39 is 11.9 Å². The van der Waals surface area contributed by atoms with Crippen LogP contribution in [0.3, 0.4) is 0 Å². The lowest BCUT2D eigenvalue weighted by atomic mass is 10.1. The number of carboxylic acids is 1. The van der Waals surface area contributed by atoms with Crippen LogP contribution in [0.15, 0.2) is 0 Å². The van der Waals surface area contributed by atoms with Gasteiger partial charge in [-0.2, -0.15) is 0 Å². The number of rotatable bonds is 5.